The monoisotopic (exact) mass is 255 g/mol. The Morgan fingerprint density at radius 1 is 1.53 bits per heavy atom. The Balaban J connectivity index is 1.87. The van der Waals surface area contributed by atoms with Crippen molar-refractivity contribution in [3.8, 4) is 5.75 Å². The van der Waals surface area contributed by atoms with Gasteiger partial charge >= 0.3 is 0 Å². The summed E-state index contributed by atoms with van der Waals surface area (Å²) in [5, 5.41) is 4.14. The first-order valence-electron chi connectivity index (χ1n) is 5.93. The second-order valence-electron chi connectivity index (χ2n) is 4.26. The van der Waals surface area contributed by atoms with Gasteiger partial charge in [-0.05, 0) is 30.5 Å². The first kappa shape index (κ1) is 12.7. The Morgan fingerprint density at radius 2 is 2.41 bits per heavy atom. The van der Waals surface area contributed by atoms with Crippen LogP contribution in [-0.4, -0.2) is 26.4 Å². The van der Waals surface area contributed by atoms with Crippen LogP contribution in [0.4, 0.5) is 0 Å². The van der Waals surface area contributed by atoms with Crippen LogP contribution >= 0.6 is 11.6 Å². The molecule has 1 aromatic carbocycles. The van der Waals surface area contributed by atoms with E-state index in [0.717, 1.165) is 31.9 Å². The van der Waals surface area contributed by atoms with Gasteiger partial charge in [-0.2, -0.15) is 0 Å². The van der Waals surface area contributed by atoms with Gasteiger partial charge in [-0.15, -0.1) is 0 Å². The molecular weight excluding hydrogens is 238 g/mol. The van der Waals surface area contributed by atoms with Gasteiger partial charge in [-0.3, -0.25) is 0 Å². The summed E-state index contributed by atoms with van der Waals surface area (Å²) in [5.74, 6) is 0.719. The summed E-state index contributed by atoms with van der Waals surface area (Å²) < 4.78 is 10.5. The lowest BCUT2D eigenvalue weighted by atomic mass is 10.1. The quantitative estimate of drug-likeness (QED) is 0.897. The molecule has 3 nitrogen and oxygen atoms in total. The minimum atomic E-state index is 0.463. The van der Waals surface area contributed by atoms with Crippen LogP contribution in [0.15, 0.2) is 18.2 Å². The summed E-state index contributed by atoms with van der Waals surface area (Å²) in [6.07, 6.45) is 2.32. The molecule has 0 amide bonds. The first-order valence-corrected chi connectivity index (χ1v) is 6.31. The molecule has 2 rings (SSSR count). The average molecular weight is 256 g/mol. The maximum absolute atomic E-state index is 6.07. The van der Waals surface area contributed by atoms with Gasteiger partial charge < -0.3 is 14.8 Å². The van der Waals surface area contributed by atoms with Crippen molar-refractivity contribution in [3.05, 3.63) is 28.8 Å². The largest absolute Gasteiger partial charge is 0.495 e. The highest BCUT2D eigenvalue weighted by Crippen LogP contribution is 2.24. The number of halogens is 1. The molecule has 1 aliphatic heterocycles. The van der Waals surface area contributed by atoms with Gasteiger partial charge in [-0.1, -0.05) is 17.7 Å². The number of benzene rings is 1. The molecule has 1 aromatic rings. The van der Waals surface area contributed by atoms with Crippen LogP contribution in [0.5, 0.6) is 5.75 Å². The lowest BCUT2D eigenvalue weighted by Crippen LogP contribution is -2.36. The third-order valence-corrected chi connectivity index (χ3v) is 3.27. The first-order chi connectivity index (χ1) is 8.29. The van der Waals surface area contributed by atoms with Crippen molar-refractivity contribution >= 4 is 11.6 Å². The minimum absolute atomic E-state index is 0.463. The number of methoxy groups -OCH3 is 1. The molecule has 94 valence electrons. The van der Waals surface area contributed by atoms with Crippen LogP contribution in [0.2, 0.25) is 5.02 Å². The fourth-order valence-corrected chi connectivity index (χ4v) is 2.26. The van der Waals surface area contributed by atoms with Gasteiger partial charge in [0.1, 0.15) is 5.75 Å². The van der Waals surface area contributed by atoms with E-state index in [4.69, 9.17) is 21.1 Å². The molecule has 0 spiro atoms. The normalized spacial score (nSPS) is 20.2. The van der Waals surface area contributed by atoms with Gasteiger partial charge in [0.15, 0.2) is 0 Å². The number of hydrogen-bond donors (Lipinski definition) is 1. The molecule has 0 aliphatic carbocycles. The molecule has 0 radical (unpaired) electrons. The fraction of sp³-hybridized carbons (Fsp3) is 0.538. The number of rotatable bonds is 4. The van der Waals surface area contributed by atoms with E-state index >= 15 is 0 Å². The van der Waals surface area contributed by atoms with Crippen molar-refractivity contribution in [2.75, 3.05) is 20.3 Å². The summed E-state index contributed by atoms with van der Waals surface area (Å²) in [6, 6.07) is 6.33. The maximum atomic E-state index is 6.07. The van der Waals surface area contributed by atoms with Crippen molar-refractivity contribution in [3.63, 3.8) is 0 Å². The van der Waals surface area contributed by atoms with E-state index in [1.807, 2.05) is 18.2 Å². The van der Waals surface area contributed by atoms with E-state index in [1.165, 1.54) is 12.0 Å². The van der Waals surface area contributed by atoms with Crippen LogP contribution in [0.3, 0.4) is 0 Å². The van der Waals surface area contributed by atoms with E-state index < -0.39 is 0 Å². The Kier molecular flexibility index (Phi) is 4.66. The topological polar surface area (TPSA) is 30.5 Å². The zero-order valence-corrected chi connectivity index (χ0v) is 10.8. The zero-order valence-electron chi connectivity index (χ0n) is 10.0. The highest BCUT2D eigenvalue weighted by atomic mass is 35.5. The zero-order chi connectivity index (χ0) is 12.1. The van der Waals surface area contributed by atoms with E-state index in [2.05, 4.69) is 5.32 Å². The molecule has 4 heteroatoms. The average Bonchev–Trinajstić information content (AvgIpc) is 2.38. The Hall–Kier alpha value is -0.770. The van der Waals surface area contributed by atoms with Gasteiger partial charge in [0, 0.05) is 19.2 Å². The number of hydrogen-bond acceptors (Lipinski definition) is 3. The summed E-state index contributed by atoms with van der Waals surface area (Å²) in [4.78, 5) is 0. The van der Waals surface area contributed by atoms with Crippen LogP contribution in [0.1, 0.15) is 18.4 Å². The molecule has 1 heterocycles. The smallest absolute Gasteiger partial charge is 0.137 e. The third-order valence-electron chi connectivity index (χ3n) is 2.97. The van der Waals surface area contributed by atoms with Crippen molar-refractivity contribution in [2.24, 2.45) is 0 Å². The number of ether oxygens (including phenoxy) is 2. The summed E-state index contributed by atoms with van der Waals surface area (Å²) in [7, 11) is 1.62. The Labute approximate surface area is 107 Å². The van der Waals surface area contributed by atoms with E-state index in [-0.39, 0.29) is 0 Å². The predicted octanol–water partition coefficient (Wildman–Crippen LogP) is 2.62. The highest BCUT2D eigenvalue weighted by Gasteiger charge is 2.13. The van der Waals surface area contributed by atoms with Crippen molar-refractivity contribution in [2.45, 2.75) is 25.4 Å². The highest BCUT2D eigenvalue weighted by molar-refractivity contribution is 6.32. The lowest BCUT2D eigenvalue weighted by Gasteiger charge is -2.23. The molecule has 1 unspecified atom stereocenters. The SMILES string of the molecule is COc1ccc(CNC2CCCOC2)cc1Cl. The molecule has 1 atom stereocenters. The van der Waals surface area contributed by atoms with Crippen LogP contribution in [0, 0.1) is 0 Å². The van der Waals surface area contributed by atoms with Crippen molar-refractivity contribution < 1.29 is 9.47 Å². The van der Waals surface area contributed by atoms with E-state index in [1.54, 1.807) is 7.11 Å². The van der Waals surface area contributed by atoms with Gasteiger partial charge in [0.05, 0.1) is 18.7 Å². The molecular formula is C13H18ClNO2. The van der Waals surface area contributed by atoms with E-state index in [0.29, 0.717) is 11.1 Å². The summed E-state index contributed by atoms with van der Waals surface area (Å²) in [5.41, 5.74) is 1.17. The molecule has 1 N–H and O–H groups in total. The number of nitrogens with one attached hydrogen (secondary N) is 1. The summed E-state index contributed by atoms with van der Waals surface area (Å²) in [6.45, 7) is 2.52. The summed E-state index contributed by atoms with van der Waals surface area (Å²) >= 11 is 6.07. The Bertz CT molecular complexity index is 364. The Morgan fingerprint density at radius 3 is 3.06 bits per heavy atom. The van der Waals surface area contributed by atoms with Crippen molar-refractivity contribution in [1.29, 1.82) is 0 Å². The van der Waals surface area contributed by atoms with Gasteiger partial charge in [0.25, 0.3) is 0 Å². The molecule has 1 saturated heterocycles. The van der Waals surface area contributed by atoms with E-state index in [9.17, 15) is 0 Å². The molecule has 1 fully saturated rings. The molecule has 1 aliphatic rings. The molecule has 0 bridgehead atoms. The maximum Gasteiger partial charge on any atom is 0.137 e. The van der Waals surface area contributed by atoms with Crippen LogP contribution in [-0.2, 0) is 11.3 Å². The molecule has 17 heavy (non-hydrogen) atoms. The lowest BCUT2D eigenvalue weighted by molar-refractivity contribution is 0.0699. The van der Waals surface area contributed by atoms with Crippen LogP contribution in [0.25, 0.3) is 0 Å². The second kappa shape index (κ2) is 6.24. The predicted molar refractivity (Wildman–Crippen MR) is 68.7 cm³/mol. The molecule has 0 saturated carbocycles. The minimum Gasteiger partial charge on any atom is -0.495 e. The van der Waals surface area contributed by atoms with Crippen LogP contribution < -0.4 is 10.1 Å². The standard InChI is InChI=1S/C13H18ClNO2/c1-16-13-5-4-10(7-12(13)14)8-15-11-3-2-6-17-9-11/h4-5,7,11,15H,2-3,6,8-9H2,1H3. The van der Waals surface area contributed by atoms with Crippen molar-refractivity contribution in [1.82, 2.24) is 5.32 Å². The molecule has 0 aromatic heterocycles. The van der Waals surface area contributed by atoms with Gasteiger partial charge in [0.2, 0.25) is 0 Å². The second-order valence-corrected chi connectivity index (χ2v) is 4.67. The van der Waals surface area contributed by atoms with Gasteiger partial charge in [-0.25, -0.2) is 0 Å². The third kappa shape index (κ3) is 3.60. The fourth-order valence-electron chi connectivity index (χ4n) is 1.98.